The van der Waals surface area contributed by atoms with Crippen molar-refractivity contribution in [2.45, 2.75) is 40.7 Å². The van der Waals surface area contributed by atoms with Gasteiger partial charge in [-0.1, -0.05) is 20.8 Å². The van der Waals surface area contributed by atoms with Gasteiger partial charge in [-0.2, -0.15) is 0 Å². The van der Waals surface area contributed by atoms with Crippen LogP contribution >= 0.6 is 0 Å². The van der Waals surface area contributed by atoms with E-state index in [0.29, 0.717) is 0 Å². The molecular weight excluding hydrogens is 264 g/mol. The Morgan fingerprint density at radius 3 is 2.10 bits per heavy atom. The van der Waals surface area contributed by atoms with Crippen LogP contribution in [0.1, 0.15) is 34.6 Å². The highest BCUT2D eigenvalue weighted by molar-refractivity contribution is 5.99. The van der Waals surface area contributed by atoms with Crippen LogP contribution in [0.4, 0.5) is 0 Å². The fourth-order valence-corrected chi connectivity index (χ4v) is 0.945. The average Bonchev–Trinajstić information content (AvgIpc) is 2.31. The first kappa shape index (κ1) is 18.0. The van der Waals surface area contributed by atoms with E-state index in [-0.39, 0.29) is 18.2 Å². The molecule has 1 unspecified atom stereocenters. The number of hydrogen-bond acceptors (Lipinski definition) is 6. The lowest BCUT2D eigenvalue weighted by atomic mass is 9.91. The van der Waals surface area contributed by atoms with Crippen LogP contribution in [-0.4, -0.2) is 36.2 Å². The maximum absolute atomic E-state index is 11.5. The second kappa shape index (κ2) is 7.57. The summed E-state index contributed by atoms with van der Waals surface area (Å²) < 4.78 is 9.33. The lowest BCUT2D eigenvalue weighted by molar-refractivity contribution is -0.164. The summed E-state index contributed by atoms with van der Waals surface area (Å²) in [4.78, 5) is 44.9. The van der Waals surface area contributed by atoms with Crippen LogP contribution in [0, 0.1) is 5.41 Å². The predicted molar refractivity (Wildman–Crippen MR) is 70.8 cm³/mol. The fourth-order valence-electron chi connectivity index (χ4n) is 0.945. The van der Waals surface area contributed by atoms with E-state index in [0.717, 1.165) is 12.2 Å². The summed E-state index contributed by atoms with van der Waals surface area (Å²) in [6.07, 6.45) is 0.925. The van der Waals surface area contributed by atoms with Gasteiger partial charge in [0.15, 0.2) is 17.7 Å². The van der Waals surface area contributed by atoms with Crippen molar-refractivity contribution in [3.05, 3.63) is 12.2 Å². The summed E-state index contributed by atoms with van der Waals surface area (Å²) in [6, 6.07) is 0. The Kier molecular flexibility index (Phi) is 6.82. The van der Waals surface area contributed by atoms with Crippen LogP contribution in [0.5, 0.6) is 0 Å². The van der Waals surface area contributed by atoms with Crippen LogP contribution in [0.15, 0.2) is 12.2 Å². The third-order valence-corrected chi connectivity index (χ3v) is 2.15. The van der Waals surface area contributed by atoms with Gasteiger partial charge in [-0.25, -0.2) is 9.59 Å². The summed E-state index contributed by atoms with van der Waals surface area (Å²) in [5.74, 6) is -2.19. The smallest absolute Gasteiger partial charge is 0.347 e. The van der Waals surface area contributed by atoms with Gasteiger partial charge in [0, 0.05) is 11.5 Å². The average molecular weight is 284 g/mol. The van der Waals surface area contributed by atoms with E-state index >= 15 is 0 Å². The monoisotopic (exact) mass is 284 g/mol. The maximum Gasteiger partial charge on any atom is 0.347 e. The number of ketones is 2. The molecule has 0 aromatic rings. The molecule has 20 heavy (non-hydrogen) atoms. The van der Waals surface area contributed by atoms with Gasteiger partial charge < -0.3 is 9.47 Å². The number of carbonyl (C=O) groups excluding carboxylic acids is 4. The summed E-state index contributed by atoms with van der Waals surface area (Å²) in [5, 5.41) is 0. The van der Waals surface area contributed by atoms with E-state index in [2.05, 4.69) is 4.74 Å². The topological polar surface area (TPSA) is 86.7 Å². The minimum atomic E-state index is -1.14. The SMILES string of the molecule is CC(=O)COC(=O)C(C)OC(=O)/C=C\C(=O)C(C)(C)C. The van der Waals surface area contributed by atoms with Gasteiger partial charge in [-0.15, -0.1) is 0 Å². The fraction of sp³-hybridized carbons (Fsp3) is 0.571. The van der Waals surface area contributed by atoms with Gasteiger partial charge >= 0.3 is 11.9 Å². The third kappa shape index (κ3) is 7.45. The number of rotatable bonds is 6. The molecule has 0 amide bonds. The third-order valence-electron chi connectivity index (χ3n) is 2.15. The predicted octanol–water partition coefficient (Wildman–Crippen LogP) is 1.22. The number of Topliss-reactive ketones (excluding diaryl/α,β-unsaturated/α-hetero) is 1. The largest absolute Gasteiger partial charge is 0.455 e. The Hall–Kier alpha value is -1.98. The summed E-state index contributed by atoms with van der Waals surface area (Å²) in [7, 11) is 0. The summed E-state index contributed by atoms with van der Waals surface area (Å²) in [5.41, 5.74) is -0.594. The number of esters is 2. The van der Waals surface area contributed by atoms with Gasteiger partial charge in [0.05, 0.1) is 0 Å². The molecule has 6 heteroatoms. The first-order chi connectivity index (χ1) is 9.04. The summed E-state index contributed by atoms with van der Waals surface area (Å²) >= 11 is 0. The molecule has 0 aliphatic carbocycles. The van der Waals surface area contributed by atoms with Crippen molar-refractivity contribution in [3.8, 4) is 0 Å². The number of ether oxygens (including phenoxy) is 2. The summed E-state index contributed by atoms with van der Waals surface area (Å²) in [6.45, 7) is 7.37. The van der Waals surface area contributed by atoms with Crippen LogP contribution in [-0.2, 0) is 28.7 Å². The molecule has 0 aromatic heterocycles. The zero-order valence-corrected chi connectivity index (χ0v) is 12.4. The molecule has 6 nitrogen and oxygen atoms in total. The molecule has 112 valence electrons. The molecule has 0 aliphatic rings. The second-order valence-corrected chi connectivity index (χ2v) is 5.34. The highest BCUT2D eigenvalue weighted by Crippen LogP contribution is 2.14. The zero-order chi connectivity index (χ0) is 15.9. The van der Waals surface area contributed by atoms with Crippen molar-refractivity contribution in [1.29, 1.82) is 0 Å². The zero-order valence-electron chi connectivity index (χ0n) is 12.4. The van der Waals surface area contributed by atoms with Crippen molar-refractivity contribution in [2.24, 2.45) is 5.41 Å². The van der Waals surface area contributed by atoms with Gasteiger partial charge in [0.25, 0.3) is 0 Å². The lowest BCUT2D eigenvalue weighted by Gasteiger charge is -2.13. The Balaban J connectivity index is 4.33. The number of allylic oxidation sites excluding steroid dienone is 1. The molecule has 0 spiro atoms. The van der Waals surface area contributed by atoms with Crippen molar-refractivity contribution in [2.75, 3.05) is 6.61 Å². The van der Waals surface area contributed by atoms with Crippen molar-refractivity contribution >= 4 is 23.5 Å². The molecule has 1 atom stereocenters. The maximum atomic E-state index is 11.5. The van der Waals surface area contributed by atoms with E-state index in [4.69, 9.17) is 4.74 Å². The second-order valence-electron chi connectivity index (χ2n) is 5.34. The molecule has 0 fully saturated rings. The minimum Gasteiger partial charge on any atom is -0.455 e. The number of hydrogen-bond donors (Lipinski definition) is 0. The van der Waals surface area contributed by atoms with Gasteiger partial charge in [0.2, 0.25) is 0 Å². The minimum absolute atomic E-state index is 0.235. The lowest BCUT2D eigenvalue weighted by Crippen LogP contribution is -2.27. The van der Waals surface area contributed by atoms with E-state index in [1.165, 1.54) is 13.8 Å². The molecule has 0 aliphatic heterocycles. The standard InChI is InChI=1S/C14H20O6/c1-9(15)8-19-13(18)10(2)20-12(17)7-6-11(16)14(3,4)5/h6-7,10H,8H2,1-5H3/b7-6-. The van der Waals surface area contributed by atoms with Crippen molar-refractivity contribution < 1.29 is 28.7 Å². The van der Waals surface area contributed by atoms with Crippen LogP contribution in [0.25, 0.3) is 0 Å². The quantitative estimate of drug-likeness (QED) is 0.538. The van der Waals surface area contributed by atoms with Crippen molar-refractivity contribution in [1.82, 2.24) is 0 Å². The molecule has 0 saturated heterocycles. The first-order valence-electron chi connectivity index (χ1n) is 6.13. The first-order valence-corrected chi connectivity index (χ1v) is 6.13. The Morgan fingerprint density at radius 2 is 1.65 bits per heavy atom. The molecule has 0 radical (unpaired) electrons. The van der Waals surface area contributed by atoms with E-state index < -0.39 is 23.5 Å². The molecule has 0 bridgehead atoms. The number of carbonyl (C=O) groups is 4. The highest BCUT2D eigenvalue weighted by Gasteiger charge is 2.21. The van der Waals surface area contributed by atoms with Gasteiger partial charge in [-0.05, 0) is 19.9 Å². The van der Waals surface area contributed by atoms with Gasteiger partial charge in [-0.3, -0.25) is 9.59 Å². The van der Waals surface area contributed by atoms with E-state index in [1.54, 1.807) is 20.8 Å². The normalized spacial score (nSPS) is 12.8. The van der Waals surface area contributed by atoms with Crippen molar-refractivity contribution in [3.63, 3.8) is 0 Å². The molecule has 0 heterocycles. The van der Waals surface area contributed by atoms with Gasteiger partial charge in [0.1, 0.15) is 6.61 Å². The van der Waals surface area contributed by atoms with E-state index in [1.807, 2.05) is 0 Å². The van der Waals surface area contributed by atoms with Crippen LogP contribution < -0.4 is 0 Å². The highest BCUT2D eigenvalue weighted by atomic mass is 16.6. The Labute approximate surface area is 118 Å². The van der Waals surface area contributed by atoms with E-state index in [9.17, 15) is 19.2 Å². The van der Waals surface area contributed by atoms with Crippen LogP contribution in [0.2, 0.25) is 0 Å². The molecule has 0 rings (SSSR count). The van der Waals surface area contributed by atoms with Crippen LogP contribution in [0.3, 0.4) is 0 Å². The molecule has 0 aromatic carbocycles. The molecule has 0 saturated carbocycles. The molecular formula is C14H20O6. The molecule has 0 N–H and O–H groups in total. The Morgan fingerprint density at radius 1 is 1.10 bits per heavy atom. The Bertz CT molecular complexity index is 427.